The Labute approximate surface area is 263 Å². The smallest absolute Gasteiger partial charge is 0.464 e. The van der Waals surface area contributed by atoms with Gasteiger partial charge in [0.2, 0.25) is 0 Å². The first kappa shape index (κ1) is 31.7. The first-order valence-electron chi connectivity index (χ1n) is 13.5. The Bertz CT molecular complexity index is 2200. The number of oxazole rings is 1. The highest BCUT2D eigenvalue weighted by molar-refractivity contribution is 7.90. The lowest BCUT2D eigenvalue weighted by molar-refractivity contribution is -0.286. The van der Waals surface area contributed by atoms with Crippen molar-refractivity contribution < 1.29 is 53.8 Å². The van der Waals surface area contributed by atoms with Crippen molar-refractivity contribution in [1.29, 1.82) is 0 Å². The maximum atomic E-state index is 14.9. The van der Waals surface area contributed by atoms with Crippen molar-refractivity contribution in [2.75, 3.05) is 13.4 Å². The second kappa shape index (κ2) is 10.9. The summed E-state index contributed by atoms with van der Waals surface area (Å²) in [5.74, 6) is -7.09. The Morgan fingerprint density at radius 3 is 2.34 bits per heavy atom. The van der Waals surface area contributed by atoms with Crippen LogP contribution < -0.4 is 9.47 Å². The highest BCUT2D eigenvalue weighted by Crippen LogP contribution is 2.46. The summed E-state index contributed by atoms with van der Waals surface area (Å²) in [6, 6.07) is 12.6. The highest BCUT2D eigenvalue weighted by Gasteiger charge is 2.46. The molecule has 5 aromatic rings. The fraction of sp³-hybridized carbons (Fsp3) is 0.194. The van der Waals surface area contributed by atoms with E-state index in [1.54, 1.807) is 0 Å². The fourth-order valence-electron chi connectivity index (χ4n) is 5.09. The van der Waals surface area contributed by atoms with Gasteiger partial charge in [-0.25, -0.2) is 22.6 Å². The minimum atomic E-state index is -4.10. The molecule has 0 saturated heterocycles. The Morgan fingerprint density at radius 2 is 1.64 bits per heavy atom. The van der Waals surface area contributed by atoms with Crippen LogP contribution in [0.3, 0.4) is 0 Å². The molecule has 47 heavy (non-hydrogen) atoms. The molecule has 0 amide bonds. The van der Waals surface area contributed by atoms with E-state index < -0.39 is 39.5 Å². The summed E-state index contributed by atoms with van der Waals surface area (Å²) < 4.78 is 117. The molecule has 0 spiro atoms. The van der Waals surface area contributed by atoms with E-state index in [0.29, 0.717) is 5.56 Å². The van der Waals surface area contributed by atoms with E-state index >= 15 is 0 Å². The number of nitrogens with zero attached hydrogens (tertiary/aromatic N) is 3. The van der Waals surface area contributed by atoms with Gasteiger partial charge in [0.05, 0.1) is 17.7 Å². The lowest BCUT2D eigenvalue weighted by Gasteiger charge is -2.13. The number of hydrogen-bond acceptors (Lipinski definition) is 9. The maximum Gasteiger partial charge on any atom is 0.586 e. The number of esters is 1. The number of methoxy groups -OCH3 is 1. The molecule has 3 aromatic carbocycles. The number of fused-ring (bicyclic) bond motifs is 1. The number of carbonyl (C=O) groups is 1. The number of alkyl halides is 4. The van der Waals surface area contributed by atoms with Crippen LogP contribution in [0.2, 0.25) is 0 Å². The van der Waals surface area contributed by atoms with Gasteiger partial charge < -0.3 is 18.6 Å². The monoisotopic (exact) mass is 675 g/mol. The fourth-order valence-corrected chi connectivity index (χ4v) is 5.75. The first-order chi connectivity index (χ1) is 22.0. The number of benzene rings is 3. The second-order valence-corrected chi connectivity index (χ2v) is 12.6. The zero-order valence-corrected chi connectivity index (χ0v) is 25.6. The average molecular weight is 676 g/mol. The number of halogens is 5. The van der Waals surface area contributed by atoms with E-state index in [9.17, 15) is 35.2 Å². The largest absolute Gasteiger partial charge is 0.586 e. The van der Waals surface area contributed by atoms with Gasteiger partial charge in [-0.1, -0.05) is 12.1 Å². The van der Waals surface area contributed by atoms with E-state index in [-0.39, 0.29) is 61.7 Å². The van der Waals surface area contributed by atoms with Crippen LogP contribution >= 0.6 is 0 Å². The number of aromatic nitrogens is 3. The van der Waals surface area contributed by atoms with Crippen molar-refractivity contribution in [3.63, 3.8) is 0 Å². The predicted molar refractivity (Wildman–Crippen MR) is 155 cm³/mol. The van der Waals surface area contributed by atoms with Crippen molar-refractivity contribution in [2.45, 2.75) is 24.0 Å². The molecule has 0 unspecified atom stereocenters. The Balaban J connectivity index is 1.58. The molecule has 0 aliphatic carbocycles. The SMILES string of the molecule is COC(=O)C(F)(F)c1cc(-c2ccc(-c3cc(F)cc(S(C)(=O)=O)c3)cc2-c2oc(C)nc2-c2ccc3c(c2)OC(F)(F)O3)n(C)n1. The van der Waals surface area contributed by atoms with E-state index in [1.165, 1.54) is 56.4 Å². The average Bonchev–Trinajstić information content (AvgIpc) is 3.68. The van der Waals surface area contributed by atoms with Gasteiger partial charge in [0, 0.05) is 36.9 Å². The summed E-state index contributed by atoms with van der Waals surface area (Å²) in [4.78, 5) is 16.0. The predicted octanol–water partition coefficient (Wildman–Crippen LogP) is 6.51. The van der Waals surface area contributed by atoms with Gasteiger partial charge in [0.1, 0.15) is 17.2 Å². The Hall–Kier alpha value is -5.25. The lowest BCUT2D eigenvalue weighted by atomic mass is 9.94. The molecule has 0 atom stereocenters. The van der Waals surface area contributed by atoms with Gasteiger partial charge in [-0.05, 0) is 59.7 Å². The summed E-state index contributed by atoms with van der Waals surface area (Å²) in [5, 5.41) is 3.83. The molecule has 2 aromatic heterocycles. The van der Waals surface area contributed by atoms with Crippen molar-refractivity contribution in [3.05, 3.63) is 78.1 Å². The third kappa shape index (κ3) is 5.80. The third-order valence-electron chi connectivity index (χ3n) is 7.22. The molecule has 1 aliphatic rings. The third-order valence-corrected chi connectivity index (χ3v) is 8.32. The number of ether oxygens (including phenoxy) is 3. The van der Waals surface area contributed by atoms with Crippen LogP contribution in [0.5, 0.6) is 11.5 Å². The minimum Gasteiger partial charge on any atom is -0.464 e. The van der Waals surface area contributed by atoms with Crippen molar-refractivity contribution in [1.82, 2.24) is 14.8 Å². The van der Waals surface area contributed by atoms with Crippen LogP contribution in [0, 0.1) is 12.7 Å². The normalized spacial score (nSPS) is 14.0. The summed E-state index contributed by atoms with van der Waals surface area (Å²) in [6.07, 6.45) is -2.96. The van der Waals surface area contributed by atoms with Gasteiger partial charge >= 0.3 is 18.2 Å². The van der Waals surface area contributed by atoms with Crippen molar-refractivity contribution >= 4 is 15.8 Å². The molecule has 244 valence electrons. The molecule has 0 fully saturated rings. The molecular formula is C31H22F5N3O7S. The molecule has 1 aliphatic heterocycles. The van der Waals surface area contributed by atoms with Crippen LogP contribution in [-0.4, -0.2) is 48.8 Å². The van der Waals surface area contributed by atoms with Crippen molar-refractivity contribution in [2.24, 2.45) is 7.05 Å². The van der Waals surface area contributed by atoms with Gasteiger partial charge in [-0.15, -0.1) is 8.78 Å². The molecule has 0 saturated carbocycles. The number of sulfone groups is 1. The molecule has 6 rings (SSSR count). The highest BCUT2D eigenvalue weighted by atomic mass is 32.2. The number of hydrogen-bond donors (Lipinski definition) is 0. The zero-order valence-electron chi connectivity index (χ0n) is 24.8. The van der Waals surface area contributed by atoms with Crippen LogP contribution in [0.4, 0.5) is 22.0 Å². The minimum absolute atomic E-state index is 0.0344. The summed E-state index contributed by atoms with van der Waals surface area (Å²) in [6.45, 7) is 1.52. The molecule has 3 heterocycles. The summed E-state index contributed by atoms with van der Waals surface area (Å²) in [5.41, 5.74) is 0.395. The Kier molecular flexibility index (Phi) is 7.38. The number of carbonyl (C=O) groups excluding carboxylic acids is 1. The van der Waals surface area contributed by atoms with Crippen LogP contribution in [0.15, 0.2) is 70.0 Å². The van der Waals surface area contributed by atoms with Gasteiger partial charge in [-0.3, -0.25) is 4.68 Å². The van der Waals surface area contributed by atoms with E-state index in [4.69, 9.17) is 4.42 Å². The molecule has 0 radical (unpaired) electrons. The lowest BCUT2D eigenvalue weighted by Crippen LogP contribution is -2.27. The number of aryl methyl sites for hydroxylation is 2. The van der Waals surface area contributed by atoms with E-state index in [1.807, 2.05) is 0 Å². The molecular weight excluding hydrogens is 653 g/mol. The van der Waals surface area contributed by atoms with Crippen LogP contribution in [0.25, 0.3) is 45.0 Å². The Morgan fingerprint density at radius 1 is 0.936 bits per heavy atom. The van der Waals surface area contributed by atoms with Gasteiger partial charge in [-0.2, -0.15) is 13.9 Å². The molecule has 0 bridgehead atoms. The topological polar surface area (TPSA) is 123 Å². The maximum absolute atomic E-state index is 14.9. The first-order valence-corrected chi connectivity index (χ1v) is 15.4. The van der Waals surface area contributed by atoms with Gasteiger partial charge in [0.15, 0.2) is 33.0 Å². The number of rotatable bonds is 7. The van der Waals surface area contributed by atoms with Crippen LogP contribution in [-0.2, 0) is 32.3 Å². The quantitative estimate of drug-likeness (QED) is 0.140. The zero-order chi connectivity index (χ0) is 34.1. The molecule has 0 N–H and O–H groups in total. The van der Waals surface area contributed by atoms with Crippen LogP contribution in [0.1, 0.15) is 11.6 Å². The van der Waals surface area contributed by atoms with Gasteiger partial charge in [0.25, 0.3) is 0 Å². The van der Waals surface area contributed by atoms with Crippen molar-refractivity contribution in [3.8, 4) is 56.5 Å². The van der Waals surface area contributed by atoms with E-state index in [0.717, 1.165) is 36.2 Å². The van der Waals surface area contributed by atoms with E-state index in [2.05, 4.69) is 24.3 Å². The summed E-state index contributed by atoms with van der Waals surface area (Å²) >= 11 is 0. The summed E-state index contributed by atoms with van der Waals surface area (Å²) in [7, 11) is -1.64. The second-order valence-electron chi connectivity index (χ2n) is 10.6. The standard InChI is InChI=1S/C31H22F5N3O7S/c1-15-37-27(17-6-8-24-25(12-17)46-31(35,36)45-24)28(44-15)22-11-16(18-9-19(32)13-20(10-18)47(4,41)42)5-7-21(22)23-14-26(38-39(23)2)30(33,34)29(40)43-3/h5-14H,1-4H3. The molecule has 16 heteroatoms. The molecule has 10 nitrogen and oxygen atoms in total.